The molecule has 0 spiro atoms. The number of pyridine rings is 1. The summed E-state index contributed by atoms with van der Waals surface area (Å²) in [6.07, 6.45) is 4.65. The summed E-state index contributed by atoms with van der Waals surface area (Å²) < 4.78 is 0. The lowest BCUT2D eigenvalue weighted by Gasteiger charge is -1.92. The monoisotopic (exact) mass is 180 g/mol. The first-order chi connectivity index (χ1) is 5.81. The van der Waals surface area contributed by atoms with Crippen LogP contribution >= 0.6 is 11.6 Å². The van der Waals surface area contributed by atoms with E-state index >= 15 is 0 Å². The van der Waals surface area contributed by atoms with Crippen molar-refractivity contribution in [2.45, 2.75) is 13.3 Å². The van der Waals surface area contributed by atoms with Gasteiger partial charge in [-0.15, -0.1) is 0 Å². The van der Waals surface area contributed by atoms with E-state index in [0.717, 1.165) is 17.5 Å². The molecular weight excluding hydrogens is 172 g/mol. The minimum atomic E-state index is 0.673. The van der Waals surface area contributed by atoms with Crippen LogP contribution in [0.25, 0.3) is 11.0 Å². The van der Waals surface area contributed by atoms with Crippen LogP contribution in [0.2, 0.25) is 5.02 Å². The van der Waals surface area contributed by atoms with Crippen molar-refractivity contribution in [1.82, 2.24) is 9.97 Å². The van der Waals surface area contributed by atoms with Crippen LogP contribution in [-0.4, -0.2) is 9.97 Å². The van der Waals surface area contributed by atoms with Crippen LogP contribution in [0.3, 0.4) is 0 Å². The predicted molar refractivity (Wildman–Crippen MR) is 50.5 cm³/mol. The highest BCUT2D eigenvalue weighted by molar-refractivity contribution is 6.31. The van der Waals surface area contributed by atoms with Crippen LogP contribution in [0.1, 0.15) is 12.5 Å². The van der Waals surface area contributed by atoms with Crippen molar-refractivity contribution < 1.29 is 0 Å². The minimum Gasteiger partial charge on any atom is -0.360 e. The summed E-state index contributed by atoms with van der Waals surface area (Å²) in [6, 6.07) is 1.89. The van der Waals surface area contributed by atoms with E-state index in [4.69, 9.17) is 11.6 Å². The lowest BCUT2D eigenvalue weighted by molar-refractivity contribution is 1.14. The highest BCUT2D eigenvalue weighted by atomic mass is 35.5. The summed E-state index contributed by atoms with van der Waals surface area (Å²) >= 11 is 5.79. The summed E-state index contributed by atoms with van der Waals surface area (Å²) in [5.74, 6) is 0. The third-order valence-corrected chi connectivity index (χ3v) is 2.15. The van der Waals surface area contributed by atoms with Gasteiger partial charge in [-0.05, 0) is 18.1 Å². The number of aromatic amines is 1. The average molecular weight is 181 g/mol. The molecule has 0 bridgehead atoms. The van der Waals surface area contributed by atoms with Crippen molar-refractivity contribution in [3.8, 4) is 0 Å². The third kappa shape index (κ3) is 1.08. The van der Waals surface area contributed by atoms with Gasteiger partial charge in [0.1, 0.15) is 0 Å². The summed E-state index contributed by atoms with van der Waals surface area (Å²) in [5, 5.41) is 0.673. The largest absolute Gasteiger partial charge is 0.360 e. The van der Waals surface area contributed by atoms with Crippen LogP contribution in [0.5, 0.6) is 0 Å². The van der Waals surface area contributed by atoms with Crippen molar-refractivity contribution >= 4 is 22.6 Å². The molecule has 12 heavy (non-hydrogen) atoms. The number of aryl methyl sites for hydroxylation is 1. The van der Waals surface area contributed by atoms with Gasteiger partial charge in [0, 0.05) is 12.4 Å². The molecule has 0 atom stereocenters. The van der Waals surface area contributed by atoms with Crippen molar-refractivity contribution in [3.05, 3.63) is 29.0 Å². The Kier molecular flexibility index (Phi) is 1.77. The molecule has 3 heteroatoms. The molecule has 0 unspecified atom stereocenters. The maximum absolute atomic E-state index is 5.79. The molecule has 0 aromatic carbocycles. The Labute approximate surface area is 75.6 Å². The zero-order chi connectivity index (χ0) is 8.55. The molecule has 0 saturated carbocycles. The van der Waals surface area contributed by atoms with Crippen molar-refractivity contribution in [1.29, 1.82) is 0 Å². The van der Waals surface area contributed by atoms with Gasteiger partial charge in [0.2, 0.25) is 0 Å². The van der Waals surface area contributed by atoms with Crippen LogP contribution in [0.4, 0.5) is 0 Å². The van der Waals surface area contributed by atoms with Gasteiger partial charge in [0.05, 0.1) is 16.1 Å². The zero-order valence-corrected chi connectivity index (χ0v) is 7.52. The molecule has 0 aliphatic heterocycles. The molecule has 0 aliphatic rings. The topological polar surface area (TPSA) is 28.7 Å². The van der Waals surface area contributed by atoms with E-state index < -0.39 is 0 Å². The molecule has 1 N–H and O–H groups in total. The average Bonchev–Trinajstić information content (AvgIpc) is 2.46. The Morgan fingerprint density at radius 3 is 3.17 bits per heavy atom. The number of hydrogen-bond acceptors (Lipinski definition) is 1. The maximum Gasteiger partial charge on any atom is 0.0911 e. The van der Waals surface area contributed by atoms with E-state index in [9.17, 15) is 0 Å². The Hall–Kier alpha value is -1.02. The molecule has 0 aliphatic carbocycles. The molecule has 2 heterocycles. The summed E-state index contributed by atoms with van der Waals surface area (Å²) in [7, 11) is 0. The molecule has 0 fully saturated rings. The second-order valence-electron chi connectivity index (χ2n) is 2.72. The second-order valence-corrected chi connectivity index (χ2v) is 3.15. The van der Waals surface area contributed by atoms with E-state index in [1.54, 1.807) is 6.20 Å². The number of nitrogens with zero attached hydrogens (tertiary/aromatic N) is 1. The lowest BCUT2D eigenvalue weighted by Crippen LogP contribution is -1.79. The fraction of sp³-hybridized carbons (Fsp3) is 0.222. The number of hydrogen-bond donors (Lipinski definition) is 1. The first-order valence-corrected chi connectivity index (χ1v) is 4.30. The molecule has 0 amide bonds. The smallest absolute Gasteiger partial charge is 0.0911 e. The fourth-order valence-electron chi connectivity index (χ4n) is 1.31. The molecule has 2 nitrogen and oxygen atoms in total. The van der Waals surface area contributed by atoms with Gasteiger partial charge in [-0.25, -0.2) is 0 Å². The van der Waals surface area contributed by atoms with Crippen LogP contribution in [0, 0.1) is 0 Å². The van der Waals surface area contributed by atoms with E-state index in [1.165, 1.54) is 5.56 Å². The number of halogens is 1. The number of rotatable bonds is 1. The van der Waals surface area contributed by atoms with Gasteiger partial charge >= 0.3 is 0 Å². The highest BCUT2D eigenvalue weighted by Gasteiger charge is 2.02. The van der Waals surface area contributed by atoms with Gasteiger partial charge in [-0.1, -0.05) is 18.5 Å². The van der Waals surface area contributed by atoms with Crippen LogP contribution < -0.4 is 0 Å². The third-order valence-electron chi connectivity index (χ3n) is 1.94. The molecule has 62 valence electrons. The summed E-state index contributed by atoms with van der Waals surface area (Å²) in [4.78, 5) is 7.38. The first-order valence-electron chi connectivity index (χ1n) is 3.92. The predicted octanol–water partition coefficient (Wildman–Crippen LogP) is 2.78. The molecule has 2 aromatic heterocycles. The van der Waals surface area contributed by atoms with E-state index in [2.05, 4.69) is 16.9 Å². The Bertz CT molecular complexity index is 406. The lowest BCUT2D eigenvalue weighted by atomic mass is 10.2. The van der Waals surface area contributed by atoms with Gasteiger partial charge in [-0.2, -0.15) is 0 Å². The van der Waals surface area contributed by atoms with Crippen molar-refractivity contribution in [2.24, 2.45) is 0 Å². The first kappa shape index (κ1) is 7.62. The van der Waals surface area contributed by atoms with Crippen LogP contribution in [0.15, 0.2) is 18.5 Å². The van der Waals surface area contributed by atoms with Gasteiger partial charge in [0.25, 0.3) is 0 Å². The number of nitrogens with one attached hydrogen (secondary N) is 1. The number of aromatic nitrogens is 2. The maximum atomic E-state index is 5.79. The Morgan fingerprint density at radius 1 is 1.58 bits per heavy atom. The molecular formula is C9H9ClN2. The van der Waals surface area contributed by atoms with Crippen molar-refractivity contribution in [3.63, 3.8) is 0 Å². The quantitative estimate of drug-likeness (QED) is 0.719. The van der Waals surface area contributed by atoms with E-state index in [1.807, 2.05) is 12.3 Å². The Morgan fingerprint density at radius 2 is 2.42 bits per heavy atom. The highest BCUT2D eigenvalue weighted by Crippen LogP contribution is 2.19. The Balaban J connectivity index is 2.73. The summed E-state index contributed by atoms with van der Waals surface area (Å²) in [5.41, 5.74) is 3.28. The van der Waals surface area contributed by atoms with Crippen molar-refractivity contribution in [2.75, 3.05) is 0 Å². The van der Waals surface area contributed by atoms with Gasteiger partial charge in [-0.3, -0.25) is 4.98 Å². The number of fused-ring (bicyclic) bond motifs is 1. The summed E-state index contributed by atoms with van der Waals surface area (Å²) in [6.45, 7) is 2.11. The standard InChI is InChI=1S/C9H9ClN2/c1-2-6-4-11-8-3-7(10)5-12-9(6)8/h3-5,11H,2H2,1H3. The van der Waals surface area contributed by atoms with Crippen LogP contribution in [-0.2, 0) is 6.42 Å². The molecule has 2 rings (SSSR count). The normalized spacial score (nSPS) is 10.8. The SMILES string of the molecule is CCc1c[nH]c2cc(Cl)cnc12. The zero-order valence-electron chi connectivity index (χ0n) is 6.76. The fourth-order valence-corrected chi connectivity index (χ4v) is 1.47. The number of H-pyrrole nitrogens is 1. The minimum absolute atomic E-state index is 0.673. The molecule has 0 radical (unpaired) electrons. The second kappa shape index (κ2) is 2.79. The van der Waals surface area contributed by atoms with Gasteiger partial charge < -0.3 is 4.98 Å². The molecule has 0 saturated heterocycles. The van der Waals surface area contributed by atoms with Gasteiger partial charge in [0.15, 0.2) is 0 Å². The van der Waals surface area contributed by atoms with E-state index in [-0.39, 0.29) is 0 Å². The van der Waals surface area contributed by atoms with E-state index in [0.29, 0.717) is 5.02 Å². The molecule has 2 aromatic rings.